The molecule has 0 saturated carbocycles. The number of nitrogens with one attached hydrogen (secondary N) is 1. The zero-order valence-electron chi connectivity index (χ0n) is 12.9. The van der Waals surface area contributed by atoms with Crippen LogP contribution in [-0.4, -0.2) is 18.2 Å². The summed E-state index contributed by atoms with van der Waals surface area (Å²) < 4.78 is 5.20. The van der Waals surface area contributed by atoms with E-state index in [-0.39, 0.29) is 5.91 Å². The highest BCUT2D eigenvalue weighted by Gasteiger charge is 2.23. The molecule has 0 radical (unpaired) electrons. The SMILES string of the molecule is COc1cccc(C=C2SC(=Nc3cccc(C)c3)NC2=O)c1. The highest BCUT2D eigenvalue weighted by atomic mass is 32.2. The molecular formula is C18H16N2O2S. The van der Waals surface area contributed by atoms with Crippen molar-refractivity contribution in [1.29, 1.82) is 0 Å². The molecule has 1 aliphatic rings. The molecule has 1 saturated heterocycles. The van der Waals surface area contributed by atoms with Crippen molar-refractivity contribution >= 4 is 34.6 Å². The largest absolute Gasteiger partial charge is 0.497 e. The monoisotopic (exact) mass is 324 g/mol. The Bertz CT molecular complexity index is 812. The molecule has 4 nitrogen and oxygen atoms in total. The highest BCUT2D eigenvalue weighted by Crippen LogP contribution is 2.28. The van der Waals surface area contributed by atoms with Gasteiger partial charge in [-0.1, -0.05) is 24.3 Å². The van der Waals surface area contributed by atoms with Crippen LogP contribution in [0.15, 0.2) is 58.4 Å². The topological polar surface area (TPSA) is 50.7 Å². The third kappa shape index (κ3) is 3.81. The number of hydrogen-bond acceptors (Lipinski definition) is 4. The number of thioether (sulfide) groups is 1. The molecular weight excluding hydrogens is 308 g/mol. The number of benzene rings is 2. The fourth-order valence-electron chi connectivity index (χ4n) is 2.18. The van der Waals surface area contributed by atoms with Crippen LogP contribution in [0.4, 0.5) is 5.69 Å². The number of ether oxygens (including phenoxy) is 1. The van der Waals surface area contributed by atoms with Gasteiger partial charge in [0, 0.05) is 0 Å². The van der Waals surface area contributed by atoms with Crippen LogP contribution in [0.3, 0.4) is 0 Å². The van der Waals surface area contributed by atoms with Crippen LogP contribution in [-0.2, 0) is 4.79 Å². The van der Waals surface area contributed by atoms with Crippen LogP contribution >= 0.6 is 11.8 Å². The van der Waals surface area contributed by atoms with Gasteiger partial charge >= 0.3 is 0 Å². The first-order valence-electron chi connectivity index (χ1n) is 7.14. The van der Waals surface area contributed by atoms with E-state index < -0.39 is 0 Å². The van der Waals surface area contributed by atoms with Crippen molar-refractivity contribution in [2.75, 3.05) is 7.11 Å². The molecule has 116 valence electrons. The quantitative estimate of drug-likeness (QED) is 0.871. The fraction of sp³-hybridized carbons (Fsp3) is 0.111. The van der Waals surface area contributed by atoms with Gasteiger partial charge in [-0.25, -0.2) is 4.99 Å². The Balaban J connectivity index is 1.83. The molecule has 0 spiro atoms. The summed E-state index contributed by atoms with van der Waals surface area (Å²) in [5.41, 5.74) is 2.88. The number of aryl methyl sites for hydroxylation is 1. The van der Waals surface area contributed by atoms with E-state index in [0.29, 0.717) is 10.1 Å². The summed E-state index contributed by atoms with van der Waals surface area (Å²) in [6, 6.07) is 15.4. The van der Waals surface area contributed by atoms with Crippen LogP contribution in [0.2, 0.25) is 0 Å². The van der Waals surface area contributed by atoms with Gasteiger partial charge in [-0.05, 0) is 60.2 Å². The average Bonchev–Trinajstić information content (AvgIpc) is 2.87. The number of nitrogens with zero attached hydrogens (tertiary/aromatic N) is 1. The van der Waals surface area contributed by atoms with E-state index in [9.17, 15) is 4.79 Å². The third-order valence-corrected chi connectivity index (χ3v) is 4.18. The van der Waals surface area contributed by atoms with E-state index in [4.69, 9.17) is 4.74 Å². The second-order valence-corrected chi connectivity index (χ2v) is 6.13. The number of amides is 1. The number of aliphatic imine (C=N–C) groups is 1. The van der Waals surface area contributed by atoms with E-state index >= 15 is 0 Å². The van der Waals surface area contributed by atoms with Crippen molar-refractivity contribution < 1.29 is 9.53 Å². The van der Waals surface area contributed by atoms with E-state index in [1.165, 1.54) is 11.8 Å². The highest BCUT2D eigenvalue weighted by molar-refractivity contribution is 8.18. The average molecular weight is 324 g/mol. The van der Waals surface area contributed by atoms with Gasteiger partial charge in [-0.2, -0.15) is 0 Å². The van der Waals surface area contributed by atoms with Gasteiger partial charge in [0.05, 0.1) is 17.7 Å². The number of hydrogen-bond donors (Lipinski definition) is 1. The summed E-state index contributed by atoms with van der Waals surface area (Å²) in [4.78, 5) is 17.2. The van der Waals surface area contributed by atoms with Crippen molar-refractivity contribution in [3.8, 4) is 5.75 Å². The smallest absolute Gasteiger partial charge is 0.264 e. The summed E-state index contributed by atoms with van der Waals surface area (Å²) in [6.07, 6.45) is 1.83. The third-order valence-electron chi connectivity index (χ3n) is 3.27. The minimum atomic E-state index is -0.135. The molecule has 3 rings (SSSR count). The number of amidine groups is 1. The van der Waals surface area contributed by atoms with Gasteiger partial charge in [0.2, 0.25) is 0 Å². The molecule has 0 unspecified atom stereocenters. The van der Waals surface area contributed by atoms with Crippen LogP contribution in [0, 0.1) is 6.92 Å². The maximum absolute atomic E-state index is 12.1. The first-order valence-corrected chi connectivity index (χ1v) is 7.96. The maximum atomic E-state index is 12.1. The van der Waals surface area contributed by atoms with E-state index in [1.807, 2.05) is 61.5 Å². The van der Waals surface area contributed by atoms with Crippen molar-refractivity contribution in [1.82, 2.24) is 5.32 Å². The molecule has 0 atom stereocenters. The molecule has 2 aromatic carbocycles. The van der Waals surface area contributed by atoms with E-state index in [2.05, 4.69) is 10.3 Å². The molecule has 23 heavy (non-hydrogen) atoms. The molecule has 1 heterocycles. The van der Waals surface area contributed by atoms with Crippen molar-refractivity contribution in [3.63, 3.8) is 0 Å². The number of carbonyl (C=O) groups is 1. The van der Waals surface area contributed by atoms with Gasteiger partial charge in [0.1, 0.15) is 5.75 Å². The molecule has 1 N–H and O–H groups in total. The lowest BCUT2D eigenvalue weighted by atomic mass is 10.2. The molecule has 0 aromatic heterocycles. The van der Waals surface area contributed by atoms with Crippen molar-refractivity contribution in [2.45, 2.75) is 6.92 Å². The summed E-state index contributed by atoms with van der Waals surface area (Å²) in [5.74, 6) is 0.626. The molecule has 2 aromatic rings. The Kier molecular flexibility index (Phi) is 4.48. The van der Waals surface area contributed by atoms with Crippen LogP contribution in [0.1, 0.15) is 11.1 Å². The van der Waals surface area contributed by atoms with Gasteiger partial charge < -0.3 is 10.1 Å². The van der Waals surface area contributed by atoms with Gasteiger partial charge in [0.25, 0.3) is 5.91 Å². The number of methoxy groups -OCH3 is 1. The first-order chi connectivity index (χ1) is 11.1. The predicted octanol–water partition coefficient (Wildman–Crippen LogP) is 3.90. The van der Waals surface area contributed by atoms with E-state index in [0.717, 1.165) is 22.6 Å². The molecule has 5 heteroatoms. The number of carbonyl (C=O) groups excluding carboxylic acids is 1. The Morgan fingerprint density at radius 3 is 2.78 bits per heavy atom. The van der Waals surface area contributed by atoms with Crippen LogP contribution < -0.4 is 10.1 Å². The van der Waals surface area contributed by atoms with Gasteiger partial charge in [0.15, 0.2) is 5.17 Å². The van der Waals surface area contributed by atoms with Crippen molar-refractivity contribution in [2.24, 2.45) is 4.99 Å². The summed E-state index contributed by atoms with van der Waals surface area (Å²) in [5, 5.41) is 3.39. The fourth-order valence-corrected chi connectivity index (χ4v) is 3.02. The Labute approximate surface area is 139 Å². The van der Waals surface area contributed by atoms with Gasteiger partial charge in [-0.3, -0.25) is 4.79 Å². The summed E-state index contributed by atoms with van der Waals surface area (Å²) in [7, 11) is 1.62. The van der Waals surface area contributed by atoms with Crippen LogP contribution in [0.25, 0.3) is 6.08 Å². The van der Waals surface area contributed by atoms with E-state index in [1.54, 1.807) is 7.11 Å². The Morgan fingerprint density at radius 2 is 2.00 bits per heavy atom. The van der Waals surface area contributed by atoms with Crippen LogP contribution in [0.5, 0.6) is 5.75 Å². The zero-order valence-corrected chi connectivity index (χ0v) is 13.7. The normalized spacial score (nSPS) is 17.6. The van der Waals surface area contributed by atoms with Gasteiger partial charge in [-0.15, -0.1) is 0 Å². The lowest BCUT2D eigenvalue weighted by Gasteiger charge is -2.00. The molecule has 1 aliphatic heterocycles. The minimum Gasteiger partial charge on any atom is -0.497 e. The molecule has 1 fully saturated rings. The molecule has 0 bridgehead atoms. The lowest BCUT2D eigenvalue weighted by Crippen LogP contribution is -2.19. The lowest BCUT2D eigenvalue weighted by molar-refractivity contribution is -0.115. The Hall–Kier alpha value is -2.53. The summed E-state index contributed by atoms with van der Waals surface area (Å²) in [6.45, 7) is 2.01. The summed E-state index contributed by atoms with van der Waals surface area (Å²) >= 11 is 1.34. The number of rotatable bonds is 3. The predicted molar refractivity (Wildman–Crippen MR) is 95.0 cm³/mol. The standard InChI is InChI=1S/C18H16N2O2S/c1-12-5-3-7-14(9-12)19-18-20-17(21)16(23-18)11-13-6-4-8-15(10-13)22-2/h3-11H,1-2H3,(H,19,20,21). The Morgan fingerprint density at radius 1 is 1.17 bits per heavy atom. The maximum Gasteiger partial charge on any atom is 0.264 e. The van der Waals surface area contributed by atoms with Crippen molar-refractivity contribution in [3.05, 3.63) is 64.6 Å². The first kappa shape index (κ1) is 15.4. The zero-order chi connectivity index (χ0) is 16.2. The second-order valence-electron chi connectivity index (χ2n) is 5.10. The molecule has 0 aliphatic carbocycles. The minimum absolute atomic E-state index is 0.135. The second kappa shape index (κ2) is 6.71. The molecule has 1 amide bonds.